The Bertz CT molecular complexity index is 182. The monoisotopic (exact) mass is 195 g/mol. The lowest BCUT2D eigenvalue weighted by atomic mass is 9.97. The highest BCUT2D eigenvalue weighted by molar-refractivity contribution is 5.15. The van der Waals surface area contributed by atoms with E-state index in [1.54, 1.807) is 5.57 Å². The lowest BCUT2D eigenvalue weighted by molar-refractivity contribution is 0.467. The third-order valence-electron chi connectivity index (χ3n) is 3.01. The van der Waals surface area contributed by atoms with Gasteiger partial charge in [0.15, 0.2) is 0 Å². The molecule has 0 bridgehead atoms. The van der Waals surface area contributed by atoms with E-state index in [4.69, 9.17) is 0 Å². The number of rotatable bonds is 6. The van der Waals surface area contributed by atoms with Crippen molar-refractivity contribution in [2.45, 2.75) is 58.9 Å². The lowest BCUT2D eigenvalue weighted by Gasteiger charge is -2.20. The van der Waals surface area contributed by atoms with E-state index in [0.29, 0.717) is 6.04 Å². The van der Waals surface area contributed by atoms with Crippen LogP contribution in [0, 0.1) is 5.92 Å². The molecule has 1 unspecified atom stereocenters. The molecular weight excluding hydrogens is 170 g/mol. The molecule has 0 aromatic heterocycles. The number of hydrogen-bond donors (Lipinski definition) is 1. The van der Waals surface area contributed by atoms with Crippen molar-refractivity contribution in [3.05, 3.63) is 11.6 Å². The Morgan fingerprint density at radius 1 is 1.36 bits per heavy atom. The predicted octanol–water partition coefficient (Wildman–Crippen LogP) is 3.51. The number of hydrogen-bond acceptors (Lipinski definition) is 1. The zero-order chi connectivity index (χ0) is 10.4. The van der Waals surface area contributed by atoms with Crippen LogP contribution in [0.15, 0.2) is 11.6 Å². The van der Waals surface area contributed by atoms with Crippen LogP contribution in [0.5, 0.6) is 0 Å². The molecule has 0 saturated heterocycles. The van der Waals surface area contributed by atoms with Gasteiger partial charge in [0.2, 0.25) is 0 Å². The van der Waals surface area contributed by atoms with Gasteiger partial charge in [-0.1, -0.05) is 32.4 Å². The summed E-state index contributed by atoms with van der Waals surface area (Å²) >= 11 is 0. The normalized spacial score (nSPS) is 18.7. The molecule has 14 heavy (non-hydrogen) atoms. The summed E-state index contributed by atoms with van der Waals surface area (Å²) in [7, 11) is 0. The fourth-order valence-electron chi connectivity index (χ4n) is 2.18. The Hall–Kier alpha value is -0.300. The lowest BCUT2D eigenvalue weighted by Crippen LogP contribution is -2.30. The van der Waals surface area contributed by atoms with Gasteiger partial charge in [0.25, 0.3) is 0 Å². The minimum Gasteiger partial charge on any atom is -0.311 e. The molecule has 1 N–H and O–H groups in total. The highest BCUT2D eigenvalue weighted by Crippen LogP contribution is 2.24. The van der Waals surface area contributed by atoms with Crippen LogP contribution in [-0.4, -0.2) is 12.6 Å². The van der Waals surface area contributed by atoms with Crippen molar-refractivity contribution in [3.8, 4) is 0 Å². The van der Waals surface area contributed by atoms with Gasteiger partial charge in [-0.25, -0.2) is 0 Å². The molecule has 1 atom stereocenters. The Kier molecular flexibility index (Phi) is 5.24. The van der Waals surface area contributed by atoms with E-state index < -0.39 is 0 Å². The summed E-state index contributed by atoms with van der Waals surface area (Å²) in [6.07, 6.45) is 9.12. The SMILES string of the molecule is CCNC(CCC(C)C)C1=CCCC1. The average Bonchev–Trinajstić information content (AvgIpc) is 2.64. The summed E-state index contributed by atoms with van der Waals surface area (Å²) in [5, 5.41) is 3.61. The first-order valence-electron chi connectivity index (χ1n) is 6.16. The minimum atomic E-state index is 0.671. The fraction of sp³-hybridized carbons (Fsp3) is 0.846. The zero-order valence-corrected chi connectivity index (χ0v) is 9.97. The molecule has 0 aliphatic heterocycles. The van der Waals surface area contributed by atoms with E-state index >= 15 is 0 Å². The standard InChI is InChI=1S/C13H25N/c1-4-14-13(10-9-11(2)3)12-7-5-6-8-12/h7,11,13-14H,4-6,8-10H2,1-3H3. The molecule has 0 fully saturated rings. The number of nitrogens with one attached hydrogen (secondary N) is 1. The van der Waals surface area contributed by atoms with Crippen molar-refractivity contribution >= 4 is 0 Å². The van der Waals surface area contributed by atoms with E-state index in [-0.39, 0.29) is 0 Å². The zero-order valence-electron chi connectivity index (χ0n) is 9.97. The van der Waals surface area contributed by atoms with Gasteiger partial charge in [-0.2, -0.15) is 0 Å². The van der Waals surface area contributed by atoms with Gasteiger partial charge in [-0.3, -0.25) is 0 Å². The molecule has 1 heteroatoms. The topological polar surface area (TPSA) is 12.0 Å². The summed E-state index contributed by atoms with van der Waals surface area (Å²) in [5.41, 5.74) is 1.67. The van der Waals surface area contributed by atoms with Gasteiger partial charge in [0.1, 0.15) is 0 Å². The van der Waals surface area contributed by atoms with Crippen molar-refractivity contribution in [1.29, 1.82) is 0 Å². The van der Waals surface area contributed by atoms with Crippen LogP contribution in [0.2, 0.25) is 0 Å². The van der Waals surface area contributed by atoms with E-state index in [9.17, 15) is 0 Å². The average molecular weight is 195 g/mol. The first-order valence-corrected chi connectivity index (χ1v) is 6.16. The van der Waals surface area contributed by atoms with Crippen molar-refractivity contribution < 1.29 is 0 Å². The highest BCUT2D eigenvalue weighted by atomic mass is 14.9. The van der Waals surface area contributed by atoms with E-state index in [2.05, 4.69) is 32.2 Å². The molecule has 1 nitrogen and oxygen atoms in total. The Morgan fingerprint density at radius 3 is 2.64 bits per heavy atom. The Labute approximate surface area is 89.0 Å². The summed E-state index contributed by atoms with van der Waals surface area (Å²) in [6.45, 7) is 7.93. The first kappa shape index (κ1) is 11.8. The third-order valence-corrected chi connectivity index (χ3v) is 3.01. The van der Waals surface area contributed by atoms with E-state index in [1.165, 1.54) is 32.1 Å². The molecule has 1 aliphatic rings. The van der Waals surface area contributed by atoms with Crippen LogP contribution in [0.3, 0.4) is 0 Å². The van der Waals surface area contributed by atoms with Gasteiger partial charge in [-0.05, 0) is 44.6 Å². The summed E-state index contributed by atoms with van der Waals surface area (Å²) in [4.78, 5) is 0. The largest absolute Gasteiger partial charge is 0.311 e. The first-order chi connectivity index (χ1) is 6.74. The van der Waals surface area contributed by atoms with Crippen LogP contribution in [0.4, 0.5) is 0 Å². The molecule has 82 valence electrons. The maximum atomic E-state index is 3.61. The molecule has 1 aliphatic carbocycles. The number of likely N-dealkylation sites (N-methyl/N-ethyl adjacent to an activating group) is 1. The second kappa shape index (κ2) is 6.23. The Morgan fingerprint density at radius 2 is 2.14 bits per heavy atom. The van der Waals surface area contributed by atoms with Gasteiger partial charge in [0.05, 0.1) is 0 Å². The van der Waals surface area contributed by atoms with E-state index in [0.717, 1.165) is 12.5 Å². The summed E-state index contributed by atoms with van der Waals surface area (Å²) < 4.78 is 0. The summed E-state index contributed by atoms with van der Waals surface area (Å²) in [5.74, 6) is 0.832. The maximum absolute atomic E-state index is 3.61. The van der Waals surface area contributed by atoms with E-state index in [1.807, 2.05) is 0 Å². The van der Waals surface area contributed by atoms with Gasteiger partial charge >= 0.3 is 0 Å². The van der Waals surface area contributed by atoms with Gasteiger partial charge in [0, 0.05) is 6.04 Å². The van der Waals surface area contributed by atoms with Crippen molar-refractivity contribution in [3.63, 3.8) is 0 Å². The molecule has 0 spiro atoms. The van der Waals surface area contributed by atoms with Crippen molar-refractivity contribution in [2.24, 2.45) is 5.92 Å². The molecular formula is C13H25N. The quantitative estimate of drug-likeness (QED) is 0.640. The molecule has 0 radical (unpaired) electrons. The van der Waals surface area contributed by atoms with Crippen molar-refractivity contribution in [1.82, 2.24) is 5.32 Å². The van der Waals surface area contributed by atoms with Crippen LogP contribution in [0.25, 0.3) is 0 Å². The van der Waals surface area contributed by atoms with Crippen LogP contribution < -0.4 is 5.32 Å². The summed E-state index contributed by atoms with van der Waals surface area (Å²) in [6, 6.07) is 0.671. The molecule has 1 rings (SSSR count). The minimum absolute atomic E-state index is 0.671. The van der Waals surface area contributed by atoms with Gasteiger partial charge < -0.3 is 5.32 Å². The molecule has 0 aromatic carbocycles. The van der Waals surface area contributed by atoms with Crippen LogP contribution in [-0.2, 0) is 0 Å². The fourth-order valence-corrected chi connectivity index (χ4v) is 2.18. The smallest absolute Gasteiger partial charge is 0.0279 e. The van der Waals surface area contributed by atoms with Crippen LogP contribution in [0.1, 0.15) is 52.9 Å². The van der Waals surface area contributed by atoms with Gasteiger partial charge in [-0.15, -0.1) is 0 Å². The molecule has 0 saturated carbocycles. The molecule has 0 aromatic rings. The number of allylic oxidation sites excluding steroid dienone is 1. The molecule has 0 amide bonds. The Balaban J connectivity index is 2.37. The van der Waals surface area contributed by atoms with Crippen molar-refractivity contribution in [2.75, 3.05) is 6.54 Å². The predicted molar refractivity (Wildman–Crippen MR) is 63.5 cm³/mol. The third kappa shape index (κ3) is 3.83. The highest BCUT2D eigenvalue weighted by Gasteiger charge is 2.15. The second-order valence-corrected chi connectivity index (χ2v) is 4.75. The molecule has 0 heterocycles. The second-order valence-electron chi connectivity index (χ2n) is 4.75. The maximum Gasteiger partial charge on any atom is 0.0279 e. The van der Waals surface area contributed by atoms with Crippen LogP contribution >= 0.6 is 0 Å².